The Morgan fingerprint density at radius 2 is 2.17 bits per heavy atom. The van der Waals surface area contributed by atoms with Crippen LogP contribution >= 0.6 is 11.3 Å². The number of pyridine rings is 1. The predicted molar refractivity (Wildman–Crippen MR) is 92.8 cm³/mol. The van der Waals surface area contributed by atoms with Gasteiger partial charge in [-0.3, -0.25) is 9.78 Å². The van der Waals surface area contributed by atoms with E-state index < -0.39 is 0 Å². The molecule has 0 unspecified atom stereocenters. The normalized spacial score (nSPS) is 10.7. The van der Waals surface area contributed by atoms with Gasteiger partial charge in [0.1, 0.15) is 0 Å². The highest BCUT2D eigenvalue weighted by molar-refractivity contribution is 7.17. The highest BCUT2D eigenvalue weighted by atomic mass is 32.1. The number of amides is 1. The largest absolute Gasteiger partial charge is 0.395 e. The van der Waals surface area contributed by atoms with Crippen molar-refractivity contribution in [2.75, 3.05) is 18.5 Å². The highest BCUT2D eigenvalue weighted by Crippen LogP contribution is 2.20. The van der Waals surface area contributed by atoms with Crippen molar-refractivity contribution in [3.63, 3.8) is 0 Å². The monoisotopic (exact) mass is 327 g/mol. The van der Waals surface area contributed by atoms with Crippen molar-refractivity contribution in [3.8, 4) is 0 Å². The van der Waals surface area contributed by atoms with Crippen LogP contribution in [0.5, 0.6) is 0 Å². The number of hydrogen-bond acceptors (Lipinski definition) is 5. The Labute approximate surface area is 138 Å². The molecule has 5 nitrogen and oxygen atoms in total. The number of aliphatic hydroxyl groups is 1. The summed E-state index contributed by atoms with van der Waals surface area (Å²) in [4.78, 5) is 16.3. The van der Waals surface area contributed by atoms with Crippen molar-refractivity contribution >= 4 is 33.1 Å². The van der Waals surface area contributed by atoms with Crippen molar-refractivity contribution in [1.29, 1.82) is 0 Å². The quantitative estimate of drug-likeness (QED) is 0.651. The molecule has 3 rings (SSSR count). The summed E-state index contributed by atoms with van der Waals surface area (Å²) in [6.07, 6.45) is 1.86. The van der Waals surface area contributed by atoms with Gasteiger partial charge < -0.3 is 15.7 Å². The predicted octanol–water partition coefficient (Wildman–Crippen LogP) is 2.63. The Balaban J connectivity index is 1.66. The van der Waals surface area contributed by atoms with E-state index >= 15 is 0 Å². The fourth-order valence-corrected chi connectivity index (χ4v) is 3.03. The van der Waals surface area contributed by atoms with Gasteiger partial charge in [-0.1, -0.05) is 6.07 Å². The van der Waals surface area contributed by atoms with E-state index in [4.69, 9.17) is 5.11 Å². The summed E-state index contributed by atoms with van der Waals surface area (Å²) in [6, 6.07) is 11.4. The van der Waals surface area contributed by atoms with Gasteiger partial charge in [0, 0.05) is 30.5 Å². The van der Waals surface area contributed by atoms with Gasteiger partial charge in [0.2, 0.25) is 0 Å². The number of fused-ring (bicyclic) bond motifs is 1. The van der Waals surface area contributed by atoms with Crippen molar-refractivity contribution < 1.29 is 9.90 Å². The second-order valence-electron chi connectivity index (χ2n) is 5.06. The van der Waals surface area contributed by atoms with Gasteiger partial charge in [0.25, 0.3) is 5.91 Å². The zero-order valence-corrected chi connectivity index (χ0v) is 13.3. The third-order valence-electron chi connectivity index (χ3n) is 3.38. The van der Waals surface area contributed by atoms with Crippen molar-refractivity contribution in [2.24, 2.45) is 0 Å². The van der Waals surface area contributed by atoms with Crippen molar-refractivity contribution in [3.05, 3.63) is 59.1 Å². The van der Waals surface area contributed by atoms with Gasteiger partial charge in [-0.2, -0.15) is 0 Å². The minimum atomic E-state index is -0.190. The second kappa shape index (κ2) is 7.21. The molecule has 2 heterocycles. The second-order valence-corrected chi connectivity index (χ2v) is 6.01. The van der Waals surface area contributed by atoms with Gasteiger partial charge in [-0.15, -0.1) is 11.3 Å². The molecule has 3 aromatic rings. The van der Waals surface area contributed by atoms with Crippen LogP contribution in [-0.2, 0) is 6.54 Å². The molecule has 23 heavy (non-hydrogen) atoms. The molecule has 0 saturated carbocycles. The number of nitrogens with one attached hydrogen (secondary N) is 2. The van der Waals surface area contributed by atoms with Crippen LogP contribution in [0.25, 0.3) is 10.2 Å². The smallest absolute Gasteiger partial charge is 0.251 e. The molecule has 118 valence electrons. The number of aromatic nitrogens is 1. The molecule has 0 spiro atoms. The maximum atomic E-state index is 11.9. The molecule has 1 aromatic carbocycles. The van der Waals surface area contributed by atoms with Crippen molar-refractivity contribution in [2.45, 2.75) is 6.54 Å². The first-order chi connectivity index (χ1) is 11.3. The lowest BCUT2D eigenvalue weighted by Gasteiger charge is -2.09. The molecule has 0 aliphatic heterocycles. The molecule has 0 aliphatic carbocycles. The zero-order chi connectivity index (χ0) is 16.1. The van der Waals surface area contributed by atoms with Crippen LogP contribution < -0.4 is 10.6 Å². The molecular formula is C17H17N3O2S. The minimum absolute atomic E-state index is 0.0676. The molecule has 0 radical (unpaired) electrons. The molecule has 2 aromatic heterocycles. The van der Waals surface area contributed by atoms with Crippen LogP contribution in [0.3, 0.4) is 0 Å². The molecule has 6 heteroatoms. The first kappa shape index (κ1) is 15.5. The number of aliphatic hydroxyl groups excluding tert-OH is 1. The highest BCUT2D eigenvalue weighted by Gasteiger charge is 2.05. The molecular weight excluding hydrogens is 310 g/mol. The maximum Gasteiger partial charge on any atom is 0.251 e. The summed E-state index contributed by atoms with van der Waals surface area (Å²) in [5.41, 5.74) is 3.54. The average Bonchev–Trinajstić information content (AvgIpc) is 3.06. The Kier molecular flexibility index (Phi) is 4.85. The summed E-state index contributed by atoms with van der Waals surface area (Å²) in [5, 5.41) is 16.7. The third-order valence-corrected chi connectivity index (χ3v) is 4.23. The van der Waals surface area contributed by atoms with Crippen LogP contribution in [0, 0.1) is 0 Å². The lowest BCUT2D eigenvalue weighted by atomic mass is 10.2. The fraction of sp³-hybridized carbons (Fsp3) is 0.176. The number of nitrogens with zero attached hydrogens (tertiary/aromatic N) is 1. The summed E-state index contributed by atoms with van der Waals surface area (Å²) in [7, 11) is 0. The Hall–Kier alpha value is -2.44. The summed E-state index contributed by atoms with van der Waals surface area (Å²) in [6.45, 7) is 0.827. The number of anilines is 1. The van der Waals surface area contributed by atoms with E-state index in [2.05, 4.69) is 21.7 Å². The molecule has 0 aliphatic rings. The van der Waals surface area contributed by atoms with E-state index in [0.29, 0.717) is 12.1 Å². The summed E-state index contributed by atoms with van der Waals surface area (Å²) in [5.74, 6) is -0.190. The van der Waals surface area contributed by atoms with E-state index in [9.17, 15) is 4.79 Å². The van der Waals surface area contributed by atoms with Gasteiger partial charge in [0.15, 0.2) is 0 Å². The molecule has 0 saturated heterocycles. The fourth-order valence-electron chi connectivity index (χ4n) is 2.23. The first-order valence-corrected chi connectivity index (χ1v) is 8.19. The SMILES string of the molecule is O=C(NCCO)c1cccc(NCc2cnc3ccsc3c2)c1. The number of carbonyl (C=O) groups excluding carboxylic acids is 1. The number of rotatable bonds is 6. The Morgan fingerprint density at radius 3 is 3.04 bits per heavy atom. The summed E-state index contributed by atoms with van der Waals surface area (Å²) >= 11 is 1.67. The lowest BCUT2D eigenvalue weighted by molar-refractivity contribution is 0.0945. The molecule has 1 amide bonds. The Morgan fingerprint density at radius 1 is 1.26 bits per heavy atom. The van der Waals surface area contributed by atoms with E-state index in [1.807, 2.05) is 29.8 Å². The van der Waals surface area contributed by atoms with Gasteiger partial charge in [-0.05, 0) is 41.3 Å². The lowest BCUT2D eigenvalue weighted by Crippen LogP contribution is -2.26. The zero-order valence-electron chi connectivity index (χ0n) is 12.5. The van der Waals surface area contributed by atoms with Gasteiger partial charge >= 0.3 is 0 Å². The van der Waals surface area contributed by atoms with Crippen LogP contribution in [0.1, 0.15) is 15.9 Å². The molecule has 0 bridgehead atoms. The standard InChI is InChI=1S/C17H17N3O2S/c21-6-5-18-17(22)13-2-1-3-14(9-13)19-10-12-8-16-15(20-11-12)4-7-23-16/h1-4,7-9,11,19,21H,5-6,10H2,(H,18,22). The molecule has 0 atom stereocenters. The Bertz CT molecular complexity index is 816. The van der Waals surface area contributed by atoms with E-state index in [1.54, 1.807) is 23.5 Å². The first-order valence-electron chi connectivity index (χ1n) is 7.31. The summed E-state index contributed by atoms with van der Waals surface area (Å²) < 4.78 is 1.17. The third kappa shape index (κ3) is 3.85. The van der Waals surface area contributed by atoms with Crippen LogP contribution in [0.15, 0.2) is 48.0 Å². The number of carbonyl (C=O) groups is 1. The minimum Gasteiger partial charge on any atom is -0.395 e. The van der Waals surface area contributed by atoms with Gasteiger partial charge in [0.05, 0.1) is 16.8 Å². The van der Waals surface area contributed by atoms with E-state index in [-0.39, 0.29) is 19.1 Å². The van der Waals surface area contributed by atoms with E-state index in [1.165, 1.54) is 4.70 Å². The number of benzene rings is 1. The maximum absolute atomic E-state index is 11.9. The number of thiophene rings is 1. The van der Waals surface area contributed by atoms with E-state index in [0.717, 1.165) is 16.8 Å². The van der Waals surface area contributed by atoms with Crippen LogP contribution in [0.2, 0.25) is 0 Å². The van der Waals surface area contributed by atoms with Gasteiger partial charge in [-0.25, -0.2) is 0 Å². The average molecular weight is 327 g/mol. The van der Waals surface area contributed by atoms with Crippen LogP contribution in [0.4, 0.5) is 5.69 Å². The van der Waals surface area contributed by atoms with Crippen LogP contribution in [-0.4, -0.2) is 29.1 Å². The molecule has 3 N–H and O–H groups in total. The molecule has 0 fully saturated rings. The van der Waals surface area contributed by atoms with Crippen molar-refractivity contribution in [1.82, 2.24) is 10.3 Å². The number of hydrogen-bond donors (Lipinski definition) is 3. The topological polar surface area (TPSA) is 74.2 Å².